The van der Waals surface area contributed by atoms with E-state index in [1.807, 2.05) is 20.8 Å². The van der Waals surface area contributed by atoms with Crippen LogP contribution < -0.4 is 10.6 Å². The molecular weight excluding hydrogens is 268 g/mol. The van der Waals surface area contributed by atoms with Crippen LogP contribution in [-0.4, -0.2) is 34.2 Å². The van der Waals surface area contributed by atoms with Crippen LogP contribution in [0.4, 0.5) is 4.79 Å². The SMILES string of the molecule is CCCC(CNC(=O)OC(C)(C)C)NCc1cnccn1. The number of ether oxygens (including phenoxy) is 1. The number of aromatic nitrogens is 2. The highest BCUT2D eigenvalue weighted by Gasteiger charge is 2.17. The average molecular weight is 294 g/mol. The van der Waals surface area contributed by atoms with Gasteiger partial charge in [-0.15, -0.1) is 0 Å². The summed E-state index contributed by atoms with van der Waals surface area (Å²) >= 11 is 0. The number of nitrogens with one attached hydrogen (secondary N) is 2. The van der Waals surface area contributed by atoms with Crippen molar-refractivity contribution < 1.29 is 9.53 Å². The fourth-order valence-electron chi connectivity index (χ4n) is 1.82. The van der Waals surface area contributed by atoms with Gasteiger partial charge in [0.1, 0.15) is 5.60 Å². The molecule has 0 saturated heterocycles. The smallest absolute Gasteiger partial charge is 0.407 e. The predicted octanol–water partition coefficient (Wildman–Crippen LogP) is 2.26. The molecule has 0 fully saturated rings. The summed E-state index contributed by atoms with van der Waals surface area (Å²) in [6, 6.07) is 0.185. The minimum Gasteiger partial charge on any atom is -0.444 e. The second-order valence-electron chi connectivity index (χ2n) is 5.95. The first kappa shape index (κ1) is 17.4. The maximum atomic E-state index is 11.7. The van der Waals surface area contributed by atoms with Gasteiger partial charge < -0.3 is 15.4 Å². The van der Waals surface area contributed by atoms with E-state index in [0.29, 0.717) is 13.1 Å². The minimum atomic E-state index is -0.475. The van der Waals surface area contributed by atoms with Gasteiger partial charge in [0.05, 0.1) is 5.69 Å². The highest BCUT2D eigenvalue weighted by atomic mass is 16.6. The Morgan fingerprint density at radius 1 is 1.38 bits per heavy atom. The third-order valence-electron chi connectivity index (χ3n) is 2.72. The van der Waals surface area contributed by atoms with Crippen molar-refractivity contribution in [3.63, 3.8) is 0 Å². The van der Waals surface area contributed by atoms with Crippen LogP contribution in [0.3, 0.4) is 0 Å². The normalized spacial score (nSPS) is 12.8. The summed E-state index contributed by atoms with van der Waals surface area (Å²) in [5.74, 6) is 0. The lowest BCUT2D eigenvalue weighted by Gasteiger charge is -2.22. The predicted molar refractivity (Wildman–Crippen MR) is 81.8 cm³/mol. The van der Waals surface area contributed by atoms with Crippen LogP contribution >= 0.6 is 0 Å². The van der Waals surface area contributed by atoms with Gasteiger partial charge in [0, 0.05) is 37.7 Å². The van der Waals surface area contributed by atoms with Gasteiger partial charge >= 0.3 is 6.09 Å². The number of amides is 1. The van der Waals surface area contributed by atoms with Gasteiger partial charge in [-0.3, -0.25) is 9.97 Å². The molecule has 1 atom stereocenters. The average Bonchev–Trinajstić information content (AvgIpc) is 2.41. The Hall–Kier alpha value is -1.69. The summed E-state index contributed by atoms with van der Waals surface area (Å²) in [6.45, 7) is 8.83. The third kappa shape index (κ3) is 8.24. The highest BCUT2D eigenvalue weighted by molar-refractivity contribution is 5.67. The monoisotopic (exact) mass is 294 g/mol. The number of alkyl carbamates (subject to hydrolysis) is 1. The van der Waals surface area contributed by atoms with Crippen molar-refractivity contribution in [1.29, 1.82) is 0 Å². The maximum absolute atomic E-state index is 11.7. The molecule has 1 heterocycles. The second-order valence-corrected chi connectivity index (χ2v) is 5.95. The minimum absolute atomic E-state index is 0.185. The van der Waals surface area contributed by atoms with Crippen LogP contribution in [-0.2, 0) is 11.3 Å². The Kier molecular flexibility index (Phi) is 7.08. The molecular formula is C15H26N4O2. The molecule has 21 heavy (non-hydrogen) atoms. The molecule has 0 aliphatic rings. The summed E-state index contributed by atoms with van der Waals surface area (Å²) in [4.78, 5) is 19.9. The van der Waals surface area contributed by atoms with Crippen molar-refractivity contribution in [1.82, 2.24) is 20.6 Å². The standard InChI is InChI=1S/C15H26N4O2/c1-5-6-12(10-19-14(20)21-15(2,3)4)18-11-13-9-16-7-8-17-13/h7-9,12,18H,5-6,10-11H2,1-4H3,(H,19,20). The molecule has 0 aromatic carbocycles. The van der Waals surface area contributed by atoms with E-state index in [-0.39, 0.29) is 12.1 Å². The summed E-state index contributed by atoms with van der Waals surface area (Å²) in [6.07, 6.45) is 6.67. The molecule has 0 spiro atoms. The molecule has 6 nitrogen and oxygen atoms in total. The first-order valence-corrected chi connectivity index (χ1v) is 7.36. The van der Waals surface area contributed by atoms with Gasteiger partial charge in [-0.05, 0) is 27.2 Å². The van der Waals surface area contributed by atoms with E-state index in [9.17, 15) is 4.79 Å². The Labute approximate surface area is 126 Å². The van der Waals surface area contributed by atoms with Gasteiger partial charge in [0.2, 0.25) is 0 Å². The molecule has 1 aromatic rings. The zero-order chi connectivity index (χ0) is 15.7. The van der Waals surface area contributed by atoms with Crippen molar-refractivity contribution >= 4 is 6.09 Å². The lowest BCUT2D eigenvalue weighted by atomic mass is 10.1. The quantitative estimate of drug-likeness (QED) is 0.806. The van der Waals surface area contributed by atoms with Crippen molar-refractivity contribution in [2.24, 2.45) is 0 Å². The van der Waals surface area contributed by atoms with Gasteiger partial charge in [-0.25, -0.2) is 4.79 Å². The number of hydrogen-bond donors (Lipinski definition) is 2. The Bertz CT molecular complexity index is 417. The van der Waals surface area contributed by atoms with Crippen LogP contribution in [0, 0.1) is 0 Å². The third-order valence-corrected chi connectivity index (χ3v) is 2.72. The fraction of sp³-hybridized carbons (Fsp3) is 0.667. The molecule has 1 unspecified atom stereocenters. The molecule has 0 bridgehead atoms. The van der Waals surface area contributed by atoms with E-state index in [2.05, 4.69) is 27.5 Å². The van der Waals surface area contributed by atoms with Crippen LogP contribution in [0.2, 0.25) is 0 Å². The first-order valence-electron chi connectivity index (χ1n) is 7.36. The van der Waals surface area contributed by atoms with Crippen LogP contribution in [0.1, 0.15) is 46.2 Å². The zero-order valence-electron chi connectivity index (χ0n) is 13.3. The van der Waals surface area contributed by atoms with Crippen LogP contribution in [0.15, 0.2) is 18.6 Å². The lowest BCUT2D eigenvalue weighted by molar-refractivity contribution is 0.0521. The molecule has 0 radical (unpaired) electrons. The summed E-state index contributed by atoms with van der Waals surface area (Å²) < 4.78 is 5.23. The topological polar surface area (TPSA) is 76.1 Å². The fourth-order valence-corrected chi connectivity index (χ4v) is 1.82. The highest BCUT2D eigenvalue weighted by Crippen LogP contribution is 2.06. The molecule has 0 saturated carbocycles. The number of nitrogens with zero attached hydrogens (tertiary/aromatic N) is 2. The number of rotatable bonds is 7. The molecule has 0 aliphatic carbocycles. The van der Waals surface area contributed by atoms with Crippen LogP contribution in [0.25, 0.3) is 0 Å². The van der Waals surface area contributed by atoms with E-state index < -0.39 is 5.60 Å². The van der Waals surface area contributed by atoms with Crippen molar-refractivity contribution in [2.45, 2.75) is 58.7 Å². The molecule has 2 N–H and O–H groups in total. The van der Waals surface area contributed by atoms with Gasteiger partial charge in [0.15, 0.2) is 0 Å². The summed E-state index contributed by atoms with van der Waals surface area (Å²) in [5, 5.41) is 6.18. The van der Waals surface area contributed by atoms with E-state index >= 15 is 0 Å². The summed E-state index contributed by atoms with van der Waals surface area (Å²) in [7, 11) is 0. The van der Waals surface area contributed by atoms with Crippen molar-refractivity contribution in [2.75, 3.05) is 6.54 Å². The Balaban J connectivity index is 2.37. The molecule has 1 aromatic heterocycles. The van der Waals surface area contributed by atoms with E-state index in [4.69, 9.17) is 4.74 Å². The number of carbonyl (C=O) groups excluding carboxylic acids is 1. The number of hydrogen-bond acceptors (Lipinski definition) is 5. The van der Waals surface area contributed by atoms with E-state index in [1.54, 1.807) is 18.6 Å². The lowest BCUT2D eigenvalue weighted by Crippen LogP contribution is -2.42. The summed E-state index contributed by atoms with van der Waals surface area (Å²) in [5.41, 5.74) is 0.410. The Morgan fingerprint density at radius 3 is 2.71 bits per heavy atom. The van der Waals surface area contributed by atoms with Crippen molar-refractivity contribution in [3.05, 3.63) is 24.3 Å². The van der Waals surface area contributed by atoms with Gasteiger partial charge in [0.25, 0.3) is 0 Å². The zero-order valence-corrected chi connectivity index (χ0v) is 13.3. The van der Waals surface area contributed by atoms with E-state index in [0.717, 1.165) is 18.5 Å². The molecule has 118 valence electrons. The number of carbonyl (C=O) groups is 1. The maximum Gasteiger partial charge on any atom is 0.407 e. The van der Waals surface area contributed by atoms with Crippen molar-refractivity contribution in [3.8, 4) is 0 Å². The largest absolute Gasteiger partial charge is 0.444 e. The van der Waals surface area contributed by atoms with Gasteiger partial charge in [-0.2, -0.15) is 0 Å². The van der Waals surface area contributed by atoms with E-state index in [1.165, 1.54) is 0 Å². The first-order chi connectivity index (χ1) is 9.90. The Morgan fingerprint density at radius 2 is 2.14 bits per heavy atom. The molecule has 1 rings (SSSR count). The second kappa shape index (κ2) is 8.56. The molecule has 0 aliphatic heterocycles. The molecule has 1 amide bonds. The van der Waals surface area contributed by atoms with Crippen LogP contribution in [0.5, 0.6) is 0 Å². The van der Waals surface area contributed by atoms with Gasteiger partial charge in [-0.1, -0.05) is 13.3 Å². The molecule has 6 heteroatoms.